The van der Waals surface area contributed by atoms with Gasteiger partial charge < -0.3 is 28.4 Å². The van der Waals surface area contributed by atoms with Crippen molar-refractivity contribution in [2.45, 2.75) is 58.3 Å². The Kier molecular flexibility index (Phi) is 9.34. The minimum Gasteiger partial charge on any atom is -0.497 e. The highest BCUT2D eigenvalue weighted by molar-refractivity contribution is 5.80. The van der Waals surface area contributed by atoms with E-state index in [9.17, 15) is 19.2 Å². The zero-order valence-electron chi connectivity index (χ0n) is 19.0. The van der Waals surface area contributed by atoms with E-state index in [4.69, 9.17) is 28.4 Å². The van der Waals surface area contributed by atoms with Crippen molar-refractivity contribution in [3.05, 3.63) is 29.8 Å². The van der Waals surface area contributed by atoms with E-state index >= 15 is 0 Å². The molecule has 0 radical (unpaired) electrons. The van der Waals surface area contributed by atoms with Gasteiger partial charge in [-0.3, -0.25) is 24.2 Å². The molecule has 1 saturated heterocycles. The fourth-order valence-electron chi connectivity index (χ4n) is 3.17. The first-order chi connectivity index (χ1) is 15.6. The van der Waals surface area contributed by atoms with E-state index in [2.05, 4.69) is 4.99 Å². The van der Waals surface area contributed by atoms with Crippen molar-refractivity contribution in [2.75, 3.05) is 13.7 Å². The fraction of sp³-hybridized carbons (Fsp3) is 0.500. The molecule has 0 saturated carbocycles. The molecule has 0 aromatic heterocycles. The summed E-state index contributed by atoms with van der Waals surface area (Å²) in [5.74, 6) is -2.00. The maximum atomic E-state index is 11.9. The number of hydrogen-bond acceptors (Lipinski definition) is 11. The van der Waals surface area contributed by atoms with E-state index in [1.807, 2.05) is 0 Å². The van der Waals surface area contributed by atoms with Crippen molar-refractivity contribution in [1.29, 1.82) is 0 Å². The van der Waals surface area contributed by atoms with Crippen LogP contribution in [0.2, 0.25) is 0 Å². The first-order valence-corrected chi connectivity index (χ1v) is 10.1. The number of carbonyl (C=O) groups is 4. The van der Waals surface area contributed by atoms with Crippen molar-refractivity contribution in [3.8, 4) is 5.75 Å². The number of benzene rings is 1. The second-order valence-corrected chi connectivity index (χ2v) is 7.14. The van der Waals surface area contributed by atoms with Crippen LogP contribution >= 0.6 is 0 Å². The molecule has 1 aromatic rings. The van der Waals surface area contributed by atoms with Gasteiger partial charge in [0, 0.05) is 33.9 Å². The molecule has 2 rings (SSSR count). The van der Waals surface area contributed by atoms with E-state index in [0.29, 0.717) is 11.3 Å². The number of nitrogens with zero attached hydrogens (tertiary/aromatic N) is 1. The number of hydrogen-bond donors (Lipinski definition) is 0. The number of rotatable bonds is 8. The van der Waals surface area contributed by atoms with Crippen molar-refractivity contribution in [3.63, 3.8) is 0 Å². The second-order valence-electron chi connectivity index (χ2n) is 7.14. The van der Waals surface area contributed by atoms with Gasteiger partial charge in [-0.25, -0.2) is 0 Å². The van der Waals surface area contributed by atoms with Crippen molar-refractivity contribution in [1.82, 2.24) is 0 Å². The SMILES string of the molecule is COc1ccc(C=NC2[C@H](OC(C)=O)OC(COC(C)=O)[C@@H](OC(C)=O)[C@@H]2OC(C)=O)cc1. The lowest BCUT2D eigenvalue weighted by molar-refractivity contribution is -0.266. The highest BCUT2D eigenvalue weighted by atomic mass is 16.7. The quantitative estimate of drug-likeness (QED) is 0.313. The molecule has 33 heavy (non-hydrogen) atoms. The Morgan fingerprint density at radius 3 is 1.97 bits per heavy atom. The summed E-state index contributed by atoms with van der Waals surface area (Å²) in [6.07, 6.45) is -3.31. The summed E-state index contributed by atoms with van der Waals surface area (Å²) in [6, 6.07) is 5.84. The molecular weight excluding hydrogens is 438 g/mol. The molecule has 0 N–H and O–H groups in total. The summed E-state index contributed by atoms with van der Waals surface area (Å²) in [5, 5.41) is 0. The average Bonchev–Trinajstić information content (AvgIpc) is 2.73. The number of methoxy groups -OCH3 is 1. The lowest BCUT2D eigenvalue weighted by atomic mass is 9.96. The van der Waals surface area contributed by atoms with Crippen molar-refractivity contribution < 1.29 is 47.6 Å². The third-order valence-corrected chi connectivity index (χ3v) is 4.46. The third kappa shape index (κ3) is 7.86. The molecule has 1 fully saturated rings. The molecule has 5 atom stereocenters. The van der Waals surface area contributed by atoms with E-state index in [0.717, 1.165) is 0 Å². The molecule has 1 heterocycles. The molecule has 0 bridgehead atoms. The van der Waals surface area contributed by atoms with Crippen LogP contribution in [0.15, 0.2) is 29.3 Å². The molecule has 2 unspecified atom stereocenters. The van der Waals surface area contributed by atoms with Gasteiger partial charge in [-0.1, -0.05) is 0 Å². The van der Waals surface area contributed by atoms with Crippen LogP contribution in [0.4, 0.5) is 0 Å². The van der Waals surface area contributed by atoms with Gasteiger partial charge in [0.25, 0.3) is 0 Å². The Balaban J connectivity index is 2.45. The van der Waals surface area contributed by atoms with Crippen LogP contribution in [0.5, 0.6) is 5.75 Å². The minimum atomic E-state index is -1.31. The average molecular weight is 465 g/mol. The molecule has 180 valence electrons. The zero-order chi connectivity index (χ0) is 24.5. The van der Waals surface area contributed by atoms with Crippen LogP contribution in [-0.4, -0.2) is 74.5 Å². The molecule has 1 aliphatic rings. The van der Waals surface area contributed by atoms with Gasteiger partial charge in [0.1, 0.15) is 18.5 Å². The van der Waals surface area contributed by atoms with Crippen LogP contribution in [-0.2, 0) is 42.9 Å². The maximum Gasteiger partial charge on any atom is 0.305 e. The number of esters is 4. The first-order valence-electron chi connectivity index (χ1n) is 10.1. The summed E-state index contributed by atoms with van der Waals surface area (Å²) in [6.45, 7) is 4.37. The monoisotopic (exact) mass is 465 g/mol. The van der Waals surface area contributed by atoms with Crippen LogP contribution in [0, 0.1) is 0 Å². The van der Waals surface area contributed by atoms with Gasteiger partial charge in [-0.15, -0.1) is 0 Å². The van der Waals surface area contributed by atoms with Gasteiger partial charge >= 0.3 is 23.9 Å². The first kappa shape index (κ1) is 25.8. The number of carbonyl (C=O) groups excluding carboxylic acids is 4. The van der Waals surface area contributed by atoms with E-state index in [1.54, 1.807) is 24.3 Å². The predicted octanol–water partition coefficient (Wildman–Crippen LogP) is 1.20. The zero-order valence-corrected chi connectivity index (χ0v) is 19.0. The summed E-state index contributed by atoms with van der Waals surface area (Å²) in [7, 11) is 1.54. The molecule has 0 spiro atoms. The highest BCUT2D eigenvalue weighted by Gasteiger charge is 2.51. The topological polar surface area (TPSA) is 136 Å². The van der Waals surface area contributed by atoms with Crippen molar-refractivity contribution >= 4 is 30.1 Å². The lowest BCUT2D eigenvalue weighted by Crippen LogP contribution is -2.61. The van der Waals surface area contributed by atoms with Gasteiger partial charge in [0.2, 0.25) is 6.29 Å². The fourth-order valence-corrected chi connectivity index (χ4v) is 3.17. The van der Waals surface area contributed by atoms with Gasteiger partial charge in [0.15, 0.2) is 18.2 Å². The molecule has 0 aliphatic carbocycles. The number of ether oxygens (including phenoxy) is 6. The van der Waals surface area contributed by atoms with Gasteiger partial charge in [-0.05, 0) is 29.8 Å². The molecule has 11 nitrogen and oxygen atoms in total. The van der Waals surface area contributed by atoms with Crippen LogP contribution in [0.3, 0.4) is 0 Å². The second kappa shape index (κ2) is 12.0. The predicted molar refractivity (Wildman–Crippen MR) is 113 cm³/mol. The van der Waals surface area contributed by atoms with E-state index in [1.165, 1.54) is 41.0 Å². The molecular formula is C22H27NO10. The molecule has 1 aromatic carbocycles. The number of aliphatic imine (C=N–C) groups is 1. The third-order valence-electron chi connectivity index (χ3n) is 4.46. The van der Waals surface area contributed by atoms with Crippen LogP contribution in [0.25, 0.3) is 0 Å². The van der Waals surface area contributed by atoms with Gasteiger partial charge in [0.05, 0.1) is 7.11 Å². The van der Waals surface area contributed by atoms with Crippen LogP contribution < -0.4 is 4.74 Å². The van der Waals surface area contributed by atoms with E-state index < -0.39 is 54.5 Å². The maximum absolute atomic E-state index is 11.9. The Morgan fingerprint density at radius 1 is 0.879 bits per heavy atom. The normalized spacial score (nSPS) is 24.6. The summed E-state index contributed by atoms with van der Waals surface area (Å²) < 4.78 is 32.0. The Labute approximate surface area is 190 Å². The largest absolute Gasteiger partial charge is 0.497 e. The molecule has 11 heteroatoms. The lowest BCUT2D eigenvalue weighted by Gasteiger charge is -2.42. The molecule has 0 amide bonds. The summed E-state index contributed by atoms with van der Waals surface area (Å²) >= 11 is 0. The summed E-state index contributed by atoms with van der Waals surface area (Å²) in [5.41, 5.74) is 0.671. The smallest absolute Gasteiger partial charge is 0.305 e. The minimum absolute atomic E-state index is 0.336. The highest BCUT2D eigenvalue weighted by Crippen LogP contribution is 2.30. The van der Waals surface area contributed by atoms with Crippen molar-refractivity contribution in [2.24, 2.45) is 4.99 Å². The van der Waals surface area contributed by atoms with Crippen LogP contribution in [0.1, 0.15) is 33.3 Å². The Bertz CT molecular complexity index is 882. The molecule has 1 aliphatic heterocycles. The Morgan fingerprint density at radius 2 is 1.45 bits per heavy atom. The Hall–Kier alpha value is -3.47. The van der Waals surface area contributed by atoms with Gasteiger partial charge in [-0.2, -0.15) is 0 Å². The summed E-state index contributed by atoms with van der Waals surface area (Å²) in [4.78, 5) is 51.1. The standard InChI is InChI=1S/C22H27NO10/c1-12(24)29-11-18-20(30-13(2)25)21(31-14(3)26)19(22(33-18)32-15(4)27)23-10-16-6-8-17(28-5)9-7-16/h6-10,18-22H,11H2,1-5H3/t18?,19?,20-,21-,22-/m1/s1. The van der Waals surface area contributed by atoms with E-state index in [-0.39, 0.29) is 6.61 Å².